The summed E-state index contributed by atoms with van der Waals surface area (Å²) in [6, 6.07) is 7.16. The SMILES string of the molecule is COc1cc(Cl)c2nc(Cl)ccc2c1. The molecule has 0 aliphatic heterocycles. The maximum Gasteiger partial charge on any atom is 0.129 e. The second-order valence-corrected chi connectivity index (χ2v) is 3.61. The summed E-state index contributed by atoms with van der Waals surface area (Å²) in [7, 11) is 1.60. The summed E-state index contributed by atoms with van der Waals surface area (Å²) in [6.07, 6.45) is 0. The number of halogens is 2. The highest BCUT2D eigenvalue weighted by Crippen LogP contribution is 2.28. The summed E-state index contributed by atoms with van der Waals surface area (Å²) in [5.41, 5.74) is 0.694. The van der Waals surface area contributed by atoms with E-state index >= 15 is 0 Å². The third-order valence-corrected chi connectivity index (χ3v) is 2.42. The first-order chi connectivity index (χ1) is 6.70. The van der Waals surface area contributed by atoms with Gasteiger partial charge in [0.05, 0.1) is 17.6 Å². The minimum atomic E-state index is 0.435. The second kappa shape index (κ2) is 3.64. The topological polar surface area (TPSA) is 22.1 Å². The number of methoxy groups -OCH3 is 1. The summed E-state index contributed by atoms with van der Waals surface area (Å²) in [5.74, 6) is 0.714. The van der Waals surface area contributed by atoms with Crippen molar-refractivity contribution in [3.8, 4) is 5.75 Å². The van der Waals surface area contributed by atoms with E-state index in [1.54, 1.807) is 19.2 Å². The maximum absolute atomic E-state index is 6.01. The molecule has 1 aromatic heterocycles. The Bertz CT molecular complexity index is 485. The second-order valence-electron chi connectivity index (χ2n) is 2.81. The zero-order valence-electron chi connectivity index (χ0n) is 7.42. The van der Waals surface area contributed by atoms with Crippen LogP contribution in [0.25, 0.3) is 10.9 Å². The van der Waals surface area contributed by atoms with Crippen LogP contribution < -0.4 is 4.74 Å². The van der Waals surface area contributed by atoms with Crippen LogP contribution in [-0.2, 0) is 0 Å². The minimum Gasteiger partial charge on any atom is -0.497 e. The van der Waals surface area contributed by atoms with Crippen molar-refractivity contribution in [2.45, 2.75) is 0 Å². The van der Waals surface area contributed by atoms with E-state index in [9.17, 15) is 0 Å². The van der Waals surface area contributed by atoms with Crippen LogP contribution in [0, 0.1) is 0 Å². The number of fused-ring (bicyclic) bond motifs is 1. The number of nitrogens with zero attached hydrogens (tertiary/aromatic N) is 1. The van der Waals surface area contributed by atoms with Crippen molar-refractivity contribution in [2.75, 3.05) is 7.11 Å². The summed E-state index contributed by atoms with van der Waals surface area (Å²) in [4.78, 5) is 4.13. The first kappa shape index (κ1) is 9.56. The number of aromatic nitrogens is 1. The third kappa shape index (κ3) is 1.63. The number of hydrogen-bond donors (Lipinski definition) is 0. The number of pyridine rings is 1. The monoisotopic (exact) mass is 227 g/mol. The first-order valence-electron chi connectivity index (χ1n) is 4.00. The molecule has 0 unspecified atom stereocenters. The van der Waals surface area contributed by atoms with Crippen molar-refractivity contribution in [3.63, 3.8) is 0 Å². The summed E-state index contributed by atoms with van der Waals surface area (Å²) >= 11 is 11.8. The van der Waals surface area contributed by atoms with E-state index in [1.165, 1.54) is 0 Å². The average molecular weight is 228 g/mol. The maximum atomic E-state index is 6.01. The predicted molar refractivity (Wildman–Crippen MR) is 58.3 cm³/mol. The van der Waals surface area contributed by atoms with Crippen LogP contribution in [0.5, 0.6) is 5.75 Å². The van der Waals surface area contributed by atoms with E-state index < -0.39 is 0 Å². The molecule has 1 aromatic carbocycles. The van der Waals surface area contributed by atoms with Gasteiger partial charge in [-0.3, -0.25) is 0 Å². The van der Waals surface area contributed by atoms with Crippen LogP contribution in [0.2, 0.25) is 10.2 Å². The largest absolute Gasteiger partial charge is 0.497 e. The van der Waals surface area contributed by atoms with E-state index in [-0.39, 0.29) is 0 Å². The molecule has 0 fully saturated rings. The molecule has 0 aliphatic carbocycles. The van der Waals surface area contributed by atoms with Gasteiger partial charge in [-0.25, -0.2) is 4.98 Å². The number of benzene rings is 1. The molecular weight excluding hydrogens is 221 g/mol. The van der Waals surface area contributed by atoms with Gasteiger partial charge in [-0.15, -0.1) is 0 Å². The van der Waals surface area contributed by atoms with E-state index in [0.29, 0.717) is 21.4 Å². The Morgan fingerprint density at radius 2 is 2.00 bits per heavy atom. The van der Waals surface area contributed by atoms with Gasteiger partial charge in [0.15, 0.2) is 0 Å². The number of rotatable bonds is 1. The molecule has 0 spiro atoms. The molecule has 72 valence electrons. The molecule has 0 bridgehead atoms. The quantitative estimate of drug-likeness (QED) is 0.696. The van der Waals surface area contributed by atoms with Crippen LogP contribution in [0.3, 0.4) is 0 Å². The lowest BCUT2D eigenvalue weighted by molar-refractivity contribution is 0.415. The van der Waals surface area contributed by atoms with Crippen LogP contribution >= 0.6 is 23.2 Å². The molecule has 0 saturated carbocycles. The van der Waals surface area contributed by atoms with Gasteiger partial charge in [0.25, 0.3) is 0 Å². The highest BCUT2D eigenvalue weighted by molar-refractivity contribution is 6.36. The Morgan fingerprint density at radius 1 is 1.21 bits per heavy atom. The van der Waals surface area contributed by atoms with E-state index in [0.717, 1.165) is 5.39 Å². The highest BCUT2D eigenvalue weighted by atomic mass is 35.5. The summed E-state index contributed by atoms with van der Waals surface area (Å²) < 4.78 is 5.09. The molecule has 0 N–H and O–H groups in total. The lowest BCUT2D eigenvalue weighted by Crippen LogP contribution is -1.86. The molecule has 0 saturated heterocycles. The van der Waals surface area contributed by atoms with Gasteiger partial charge < -0.3 is 4.74 Å². The molecule has 1 heterocycles. The van der Waals surface area contributed by atoms with E-state index in [2.05, 4.69) is 4.98 Å². The molecule has 0 radical (unpaired) electrons. The number of hydrogen-bond acceptors (Lipinski definition) is 2. The van der Waals surface area contributed by atoms with Crippen molar-refractivity contribution in [1.82, 2.24) is 4.98 Å². The Kier molecular flexibility index (Phi) is 2.48. The minimum absolute atomic E-state index is 0.435. The van der Waals surface area contributed by atoms with Gasteiger partial charge in [0, 0.05) is 11.5 Å². The Labute approximate surface area is 91.4 Å². The molecule has 2 nitrogen and oxygen atoms in total. The lowest BCUT2D eigenvalue weighted by Gasteiger charge is -2.04. The van der Waals surface area contributed by atoms with Crippen LogP contribution in [0.4, 0.5) is 0 Å². The smallest absolute Gasteiger partial charge is 0.129 e. The van der Waals surface area contributed by atoms with E-state index in [4.69, 9.17) is 27.9 Å². The predicted octanol–water partition coefficient (Wildman–Crippen LogP) is 3.55. The van der Waals surface area contributed by atoms with Gasteiger partial charge >= 0.3 is 0 Å². The fourth-order valence-corrected chi connectivity index (χ4v) is 1.67. The Balaban J connectivity index is 2.76. The average Bonchev–Trinajstić information content (AvgIpc) is 2.19. The fraction of sp³-hybridized carbons (Fsp3) is 0.100. The van der Waals surface area contributed by atoms with Crippen molar-refractivity contribution in [1.29, 1.82) is 0 Å². The van der Waals surface area contributed by atoms with Gasteiger partial charge in [0.2, 0.25) is 0 Å². The Hall–Kier alpha value is -0.990. The summed E-state index contributed by atoms with van der Waals surface area (Å²) in [5, 5.41) is 1.89. The van der Waals surface area contributed by atoms with Crippen LogP contribution in [0.15, 0.2) is 24.3 Å². The van der Waals surface area contributed by atoms with Gasteiger partial charge in [-0.05, 0) is 18.2 Å². The van der Waals surface area contributed by atoms with Gasteiger partial charge in [0.1, 0.15) is 10.9 Å². The summed E-state index contributed by atoms with van der Waals surface area (Å²) in [6.45, 7) is 0. The lowest BCUT2D eigenvalue weighted by atomic mass is 10.2. The molecule has 0 amide bonds. The van der Waals surface area contributed by atoms with Gasteiger partial charge in [-0.2, -0.15) is 0 Å². The first-order valence-corrected chi connectivity index (χ1v) is 4.76. The molecule has 14 heavy (non-hydrogen) atoms. The molecule has 4 heteroatoms. The molecule has 0 atom stereocenters. The molecule has 0 aliphatic rings. The molecule has 2 aromatic rings. The third-order valence-electron chi connectivity index (χ3n) is 1.92. The molecular formula is C10H7Cl2NO. The van der Waals surface area contributed by atoms with Crippen molar-refractivity contribution < 1.29 is 4.74 Å². The van der Waals surface area contributed by atoms with Crippen molar-refractivity contribution >= 4 is 34.1 Å². The fourth-order valence-electron chi connectivity index (χ4n) is 1.26. The van der Waals surface area contributed by atoms with E-state index in [1.807, 2.05) is 12.1 Å². The zero-order chi connectivity index (χ0) is 10.1. The van der Waals surface area contributed by atoms with Crippen molar-refractivity contribution in [3.05, 3.63) is 34.4 Å². The van der Waals surface area contributed by atoms with Crippen LogP contribution in [-0.4, -0.2) is 12.1 Å². The normalized spacial score (nSPS) is 10.5. The zero-order valence-corrected chi connectivity index (χ0v) is 8.93. The standard InChI is InChI=1S/C10H7Cl2NO/c1-14-7-4-6-2-3-9(12)13-10(6)8(11)5-7/h2-5H,1H3. The molecule has 2 rings (SSSR count). The van der Waals surface area contributed by atoms with Crippen LogP contribution in [0.1, 0.15) is 0 Å². The highest BCUT2D eigenvalue weighted by Gasteiger charge is 2.04. The van der Waals surface area contributed by atoms with Gasteiger partial charge in [-0.1, -0.05) is 23.2 Å². The van der Waals surface area contributed by atoms with Crippen molar-refractivity contribution in [2.24, 2.45) is 0 Å². The Morgan fingerprint density at radius 3 is 2.71 bits per heavy atom. The number of ether oxygens (including phenoxy) is 1.